The fraction of sp³-hybridized carbons (Fsp3) is 0.133. The van der Waals surface area contributed by atoms with Gasteiger partial charge in [0, 0.05) is 11.6 Å². The van der Waals surface area contributed by atoms with E-state index in [4.69, 9.17) is 15.7 Å². The van der Waals surface area contributed by atoms with Gasteiger partial charge in [-0.3, -0.25) is 0 Å². The Morgan fingerprint density at radius 1 is 1.15 bits per heavy atom. The minimum absolute atomic E-state index is 0.0866. The Morgan fingerprint density at radius 3 is 2.50 bits per heavy atom. The van der Waals surface area contributed by atoms with Crippen molar-refractivity contribution >= 4 is 0 Å². The maximum Gasteiger partial charge on any atom is 0.167 e. The first kappa shape index (κ1) is 14.0. The third kappa shape index (κ3) is 2.76. The molecule has 0 aliphatic rings. The van der Waals surface area contributed by atoms with Crippen LogP contribution < -0.4 is 10.5 Å². The lowest BCUT2D eigenvalue weighted by atomic mass is 10.1. The van der Waals surface area contributed by atoms with E-state index >= 15 is 0 Å². The molecule has 2 N–H and O–H groups in total. The van der Waals surface area contributed by atoms with E-state index in [1.165, 1.54) is 30.3 Å². The van der Waals surface area contributed by atoms with Crippen molar-refractivity contribution in [2.45, 2.75) is 13.0 Å². The van der Waals surface area contributed by atoms with E-state index in [1.54, 1.807) is 6.92 Å². The number of nitrogens with two attached hydrogens (primary N) is 1. The van der Waals surface area contributed by atoms with Crippen molar-refractivity contribution in [2.24, 2.45) is 5.73 Å². The Balaban J connectivity index is 2.41. The number of hydrogen-bond donors (Lipinski definition) is 1. The molecular formula is C15H12F2N2O. The largest absolute Gasteiger partial charge is 0.454 e. The third-order valence-electron chi connectivity index (χ3n) is 2.75. The molecule has 0 amide bonds. The average Bonchev–Trinajstić information content (AvgIpc) is 2.40. The summed E-state index contributed by atoms with van der Waals surface area (Å²) in [6.45, 7) is 1.61. The number of nitrogens with zero attached hydrogens (tertiary/aromatic N) is 1. The van der Waals surface area contributed by atoms with Crippen molar-refractivity contribution in [1.82, 2.24) is 0 Å². The lowest BCUT2D eigenvalue weighted by molar-refractivity contribution is 0.428. The van der Waals surface area contributed by atoms with Gasteiger partial charge in [-0.15, -0.1) is 0 Å². The first-order chi connectivity index (χ1) is 9.52. The van der Waals surface area contributed by atoms with Gasteiger partial charge < -0.3 is 10.5 Å². The monoisotopic (exact) mass is 274 g/mol. The van der Waals surface area contributed by atoms with Crippen LogP contribution in [0.2, 0.25) is 0 Å². The van der Waals surface area contributed by atoms with Crippen molar-refractivity contribution in [3.8, 4) is 17.6 Å². The number of halogens is 2. The molecule has 0 aromatic heterocycles. The molecule has 102 valence electrons. The van der Waals surface area contributed by atoms with Crippen molar-refractivity contribution < 1.29 is 13.5 Å². The number of ether oxygens (including phenoxy) is 1. The standard InChI is InChI=1S/C15H12F2N2O/c1-9(19)15-11(16)3-2-4-14(15)20-13-6-5-10(8-18)7-12(13)17/h2-7,9H,19H2,1H3/t9-/m1/s1. The number of hydrogen-bond acceptors (Lipinski definition) is 3. The van der Waals surface area contributed by atoms with Crippen LogP contribution in [0.1, 0.15) is 24.1 Å². The summed E-state index contributed by atoms with van der Waals surface area (Å²) in [6, 6.07) is 9.27. The highest BCUT2D eigenvalue weighted by atomic mass is 19.1. The molecule has 3 nitrogen and oxygen atoms in total. The molecule has 0 radical (unpaired) electrons. The summed E-state index contributed by atoms with van der Waals surface area (Å²) in [5.74, 6) is -1.13. The first-order valence-electron chi connectivity index (χ1n) is 5.94. The molecule has 1 atom stereocenters. The first-order valence-corrected chi connectivity index (χ1v) is 5.94. The van der Waals surface area contributed by atoms with Gasteiger partial charge in [0.15, 0.2) is 11.6 Å². The maximum absolute atomic E-state index is 13.8. The van der Waals surface area contributed by atoms with Gasteiger partial charge in [-0.2, -0.15) is 5.26 Å². The Kier molecular flexibility index (Phi) is 3.97. The molecular weight excluding hydrogens is 262 g/mol. The van der Waals surface area contributed by atoms with Gasteiger partial charge in [0.05, 0.1) is 11.6 Å². The predicted molar refractivity (Wildman–Crippen MR) is 70.2 cm³/mol. The zero-order valence-electron chi connectivity index (χ0n) is 10.7. The lowest BCUT2D eigenvalue weighted by Crippen LogP contribution is -2.09. The molecule has 2 aromatic rings. The second-order valence-electron chi connectivity index (χ2n) is 4.30. The highest BCUT2D eigenvalue weighted by Crippen LogP contribution is 2.32. The van der Waals surface area contributed by atoms with Crippen molar-refractivity contribution in [3.63, 3.8) is 0 Å². The van der Waals surface area contributed by atoms with Crippen LogP contribution in [0.25, 0.3) is 0 Å². The molecule has 0 saturated heterocycles. The molecule has 2 rings (SSSR count). The third-order valence-corrected chi connectivity index (χ3v) is 2.75. The van der Waals surface area contributed by atoms with E-state index < -0.39 is 17.7 Å². The van der Waals surface area contributed by atoms with Gasteiger partial charge in [0.25, 0.3) is 0 Å². The zero-order valence-corrected chi connectivity index (χ0v) is 10.7. The second-order valence-corrected chi connectivity index (χ2v) is 4.30. The highest BCUT2D eigenvalue weighted by molar-refractivity contribution is 5.42. The molecule has 0 aliphatic heterocycles. The van der Waals surface area contributed by atoms with Crippen molar-refractivity contribution in [2.75, 3.05) is 0 Å². The van der Waals surface area contributed by atoms with Gasteiger partial charge in [0.2, 0.25) is 0 Å². The molecule has 0 aliphatic carbocycles. The molecule has 0 bridgehead atoms. The Morgan fingerprint density at radius 2 is 1.90 bits per heavy atom. The van der Waals surface area contributed by atoms with Crippen LogP contribution in [0.3, 0.4) is 0 Å². The van der Waals surface area contributed by atoms with E-state index in [0.717, 1.165) is 6.07 Å². The minimum atomic E-state index is -0.691. The molecule has 20 heavy (non-hydrogen) atoms. The normalized spacial score (nSPS) is 11.8. The quantitative estimate of drug-likeness (QED) is 0.929. The van der Waals surface area contributed by atoms with Crippen LogP contribution in [0, 0.1) is 23.0 Å². The second kappa shape index (κ2) is 5.68. The van der Waals surface area contributed by atoms with E-state index in [0.29, 0.717) is 0 Å². The zero-order chi connectivity index (χ0) is 14.7. The van der Waals surface area contributed by atoms with Crippen LogP contribution in [-0.2, 0) is 0 Å². The van der Waals surface area contributed by atoms with Crippen LogP contribution in [-0.4, -0.2) is 0 Å². The molecule has 0 spiro atoms. The average molecular weight is 274 g/mol. The van der Waals surface area contributed by atoms with Gasteiger partial charge in [0.1, 0.15) is 11.6 Å². The topological polar surface area (TPSA) is 59.0 Å². The summed E-state index contributed by atoms with van der Waals surface area (Å²) in [5.41, 5.74) is 6.05. The number of benzene rings is 2. The Labute approximate surface area is 115 Å². The summed E-state index contributed by atoms with van der Waals surface area (Å²) in [4.78, 5) is 0. The highest BCUT2D eigenvalue weighted by Gasteiger charge is 2.15. The van der Waals surface area contributed by atoms with E-state index in [2.05, 4.69) is 0 Å². The van der Waals surface area contributed by atoms with Crippen LogP contribution >= 0.6 is 0 Å². The SMILES string of the molecule is C[C@@H](N)c1c(F)cccc1Oc1ccc(C#N)cc1F. The van der Waals surface area contributed by atoms with Gasteiger partial charge in [-0.05, 0) is 37.3 Å². The van der Waals surface area contributed by atoms with Gasteiger partial charge >= 0.3 is 0 Å². The van der Waals surface area contributed by atoms with Crippen molar-refractivity contribution in [1.29, 1.82) is 5.26 Å². The lowest BCUT2D eigenvalue weighted by Gasteiger charge is -2.14. The Hall–Kier alpha value is -2.45. The molecule has 0 fully saturated rings. The molecule has 0 saturated carbocycles. The van der Waals surface area contributed by atoms with E-state index in [1.807, 2.05) is 6.07 Å². The van der Waals surface area contributed by atoms with E-state index in [-0.39, 0.29) is 22.6 Å². The number of rotatable bonds is 3. The summed E-state index contributed by atoms with van der Waals surface area (Å²) >= 11 is 0. The fourth-order valence-corrected chi connectivity index (χ4v) is 1.82. The van der Waals surface area contributed by atoms with Crippen molar-refractivity contribution in [3.05, 3.63) is 59.2 Å². The minimum Gasteiger partial charge on any atom is -0.454 e. The smallest absolute Gasteiger partial charge is 0.167 e. The molecule has 0 heterocycles. The summed E-state index contributed by atoms with van der Waals surface area (Å²) in [7, 11) is 0. The predicted octanol–water partition coefficient (Wildman–Crippen LogP) is 3.65. The van der Waals surface area contributed by atoms with Gasteiger partial charge in [-0.1, -0.05) is 6.07 Å². The van der Waals surface area contributed by atoms with E-state index in [9.17, 15) is 8.78 Å². The summed E-state index contributed by atoms with van der Waals surface area (Å²) in [5, 5.41) is 8.67. The van der Waals surface area contributed by atoms with Crippen LogP contribution in [0.15, 0.2) is 36.4 Å². The molecule has 5 heteroatoms. The fourth-order valence-electron chi connectivity index (χ4n) is 1.82. The summed E-state index contributed by atoms with van der Waals surface area (Å²) < 4.78 is 32.9. The molecule has 2 aromatic carbocycles. The number of nitriles is 1. The van der Waals surface area contributed by atoms with Crippen LogP contribution in [0.4, 0.5) is 8.78 Å². The summed E-state index contributed by atoms with van der Waals surface area (Å²) in [6.07, 6.45) is 0. The van der Waals surface area contributed by atoms with Crippen LogP contribution in [0.5, 0.6) is 11.5 Å². The van der Waals surface area contributed by atoms with Gasteiger partial charge in [-0.25, -0.2) is 8.78 Å². The molecule has 0 unspecified atom stereocenters. The maximum atomic E-state index is 13.8. The Bertz CT molecular complexity index is 678.